The predicted octanol–water partition coefficient (Wildman–Crippen LogP) is 2.42. The van der Waals surface area contributed by atoms with Gasteiger partial charge in [0.25, 0.3) is 0 Å². The van der Waals surface area contributed by atoms with E-state index >= 15 is 0 Å². The van der Waals surface area contributed by atoms with Gasteiger partial charge in [0.2, 0.25) is 0 Å². The Morgan fingerprint density at radius 3 is 2.55 bits per heavy atom. The van der Waals surface area contributed by atoms with Crippen LogP contribution in [0.2, 0.25) is 0 Å². The molecule has 0 aliphatic carbocycles. The van der Waals surface area contributed by atoms with Crippen LogP contribution in [0.5, 0.6) is 5.75 Å². The summed E-state index contributed by atoms with van der Waals surface area (Å²) in [5.74, 6) is -1.60. The lowest BCUT2D eigenvalue weighted by Gasteiger charge is -2.18. The molecule has 20 heavy (non-hydrogen) atoms. The highest BCUT2D eigenvalue weighted by atomic mass is 19.1. The van der Waals surface area contributed by atoms with Gasteiger partial charge in [0.15, 0.2) is 0 Å². The van der Waals surface area contributed by atoms with Crippen LogP contribution in [0.25, 0.3) is 10.4 Å². The average Bonchev–Trinajstić information content (AvgIpc) is 2.39. The van der Waals surface area contributed by atoms with Crippen molar-refractivity contribution in [3.63, 3.8) is 0 Å². The third kappa shape index (κ3) is 5.40. The molecule has 1 rings (SSSR count). The van der Waals surface area contributed by atoms with Crippen molar-refractivity contribution in [1.29, 1.82) is 0 Å². The van der Waals surface area contributed by atoms with E-state index in [9.17, 15) is 13.9 Å². The minimum absolute atomic E-state index is 0.0421. The largest absolute Gasteiger partial charge is 0.493 e. The first-order valence-corrected chi connectivity index (χ1v) is 5.87. The molecule has 0 bridgehead atoms. The molecule has 0 fully saturated rings. The Kier molecular flexibility index (Phi) is 6.72. The number of ether oxygens (including phenoxy) is 2. The van der Waals surface area contributed by atoms with Gasteiger partial charge in [0.1, 0.15) is 17.4 Å². The Labute approximate surface area is 114 Å². The van der Waals surface area contributed by atoms with Gasteiger partial charge in [-0.05, 0) is 12.0 Å². The van der Waals surface area contributed by atoms with Crippen LogP contribution in [0.15, 0.2) is 23.3 Å². The second kappa shape index (κ2) is 8.31. The molecule has 110 valence electrons. The van der Waals surface area contributed by atoms with Crippen LogP contribution < -0.4 is 4.74 Å². The fourth-order valence-corrected chi connectivity index (χ4v) is 1.51. The van der Waals surface area contributed by atoms with Gasteiger partial charge in [-0.15, -0.1) is 0 Å². The van der Waals surface area contributed by atoms with Crippen LogP contribution in [-0.4, -0.2) is 37.6 Å². The number of methoxy groups -OCH3 is 1. The van der Waals surface area contributed by atoms with Crippen molar-refractivity contribution >= 4 is 0 Å². The number of rotatable bonds is 8. The topological polar surface area (TPSA) is 87.5 Å². The maximum atomic E-state index is 13.0. The lowest BCUT2D eigenvalue weighted by atomic mass is 10.1. The smallest absolute Gasteiger partial charge is 0.129 e. The summed E-state index contributed by atoms with van der Waals surface area (Å²) in [7, 11) is 1.47. The summed E-state index contributed by atoms with van der Waals surface area (Å²) in [6.45, 7) is 0.0883. The Balaban J connectivity index is 2.64. The highest BCUT2D eigenvalue weighted by molar-refractivity contribution is 5.23. The molecule has 1 aromatic carbocycles. The number of benzene rings is 1. The number of azide groups is 1. The molecule has 0 spiro atoms. The Bertz CT molecular complexity index is 461. The monoisotopic (exact) mass is 287 g/mol. The van der Waals surface area contributed by atoms with Crippen LogP contribution in [0.4, 0.5) is 8.78 Å². The molecule has 0 amide bonds. The summed E-state index contributed by atoms with van der Waals surface area (Å²) >= 11 is 0. The Morgan fingerprint density at radius 2 is 2.00 bits per heavy atom. The van der Waals surface area contributed by atoms with Crippen molar-refractivity contribution in [1.82, 2.24) is 0 Å². The normalized spacial score (nSPS) is 13.4. The molecular weight excluding hydrogens is 272 g/mol. The first-order valence-electron chi connectivity index (χ1n) is 5.87. The third-order valence-corrected chi connectivity index (χ3v) is 2.52. The van der Waals surface area contributed by atoms with E-state index in [0.717, 1.165) is 12.1 Å². The molecule has 0 heterocycles. The predicted molar refractivity (Wildman–Crippen MR) is 67.3 cm³/mol. The SMILES string of the molecule is COCCC(O)C(COc1cc(F)cc(F)c1)N=[N+]=[N-]. The summed E-state index contributed by atoms with van der Waals surface area (Å²) in [6.07, 6.45) is -0.717. The maximum absolute atomic E-state index is 13.0. The highest BCUT2D eigenvalue weighted by Gasteiger charge is 2.18. The van der Waals surface area contributed by atoms with Crippen LogP contribution >= 0.6 is 0 Å². The second-order valence-corrected chi connectivity index (χ2v) is 4.04. The van der Waals surface area contributed by atoms with E-state index in [1.54, 1.807) is 0 Å². The number of hydrogen-bond donors (Lipinski definition) is 1. The fourth-order valence-electron chi connectivity index (χ4n) is 1.51. The number of halogens is 2. The second-order valence-electron chi connectivity index (χ2n) is 4.04. The highest BCUT2D eigenvalue weighted by Crippen LogP contribution is 2.16. The summed E-state index contributed by atoms with van der Waals surface area (Å²) in [6, 6.07) is 1.84. The summed E-state index contributed by atoms with van der Waals surface area (Å²) < 4.78 is 35.9. The molecule has 0 saturated heterocycles. The fraction of sp³-hybridized carbons (Fsp3) is 0.500. The maximum Gasteiger partial charge on any atom is 0.129 e. The average molecular weight is 287 g/mol. The minimum atomic E-state index is -0.968. The number of aliphatic hydroxyl groups excluding tert-OH is 1. The van der Waals surface area contributed by atoms with Crippen molar-refractivity contribution in [2.24, 2.45) is 5.11 Å². The van der Waals surface area contributed by atoms with Gasteiger partial charge in [-0.1, -0.05) is 5.11 Å². The molecule has 0 aromatic heterocycles. The molecule has 2 unspecified atom stereocenters. The Hall–Kier alpha value is -1.89. The zero-order chi connectivity index (χ0) is 15.0. The van der Waals surface area contributed by atoms with E-state index in [0.29, 0.717) is 6.07 Å². The molecule has 0 saturated carbocycles. The van der Waals surface area contributed by atoms with Crippen molar-refractivity contribution in [2.75, 3.05) is 20.3 Å². The summed E-state index contributed by atoms with van der Waals surface area (Å²) in [5.41, 5.74) is 8.44. The molecule has 6 nitrogen and oxygen atoms in total. The number of hydrogen-bond acceptors (Lipinski definition) is 4. The van der Waals surface area contributed by atoms with Gasteiger partial charge in [-0.3, -0.25) is 0 Å². The number of nitrogens with zero attached hydrogens (tertiary/aromatic N) is 3. The van der Waals surface area contributed by atoms with Crippen LogP contribution in [0.1, 0.15) is 6.42 Å². The van der Waals surface area contributed by atoms with Crippen molar-refractivity contribution in [3.8, 4) is 5.75 Å². The third-order valence-electron chi connectivity index (χ3n) is 2.52. The van der Waals surface area contributed by atoms with E-state index in [2.05, 4.69) is 10.0 Å². The quantitative estimate of drug-likeness (QED) is 0.452. The Morgan fingerprint density at radius 1 is 1.35 bits per heavy atom. The van der Waals surface area contributed by atoms with E-state index < -0.39 is 23.8 Å². The van der Waals surface area contributed by atoms with Crippen molar-refractivity contribution < 1.29 is 23.4 Å². The van der Waals surface area contributed by atoms with Crippen LogP contribution in [0, 0.1) is 11.6 Å². The molecule has 8 heteroatoms. The van der Waals surface area contributed by atoms with E-state index in [1.807, 2.05) is 0 Å². The first kappa shape index (κ1) is 16.2. The van der Waals surface area contributed by atoms with Crippen LogP contribution in [-0.2, 0) is 4.74 Å². The zero-order valence-electron chi connectivity index (χ0n) is 10.9. The molecule has 0 radical (unpaired) electrons. The van der Waals surface area contributed by atoms with E-state index in [1.165, 1.54) is 7.11 Å². The molecular formula is C12H15F2N3O3. The number of aliphatic hydroxyl groups is 1. The zero-order valence-corrected chi connectivity index (χ0v) is 10.9. The lowest BCUT2D eigenvalue weighted by molar-refractivity contribution is 0.0760. The molecule has 1 aromatic rings. The summed E-state index contributed by atoms with van der Waals surface area (Å²) in [5, 5.41) is 13.2. The van der Waals surface area contributed by atoms with Crippen molar-refractivity contribution in [2.45, 2.75) is 18.6 Å². The summed E-state index contributed by atoms with van der Waals surface area (Å²) in [4.78, 5) is 2.61. The van der Waals surface area contributed by atoms with Gasteiger partial charge in [0, 0.05) is 36.8 Å². The minimum Gasteiger partial charge on any atom is -0.493 e. The molecule has 1 N–H and O–H groups in total. The van der Waals surface area contributed by atoms with Gasteiger partial charge in [0.05, 0.1) is 18.8 Å². The lowest BCUT2D eigenvalue weighted by Crippen LogP contribution is -2.31. The van der Waals surface area contributed by atoms with Gasteiger partial charge in [-0.2, -0.15) is 0 Å². The van der Waals surface area contributed by atoms with Crippen molar-refractivity contribution in [3.05, 3.63) is 40.3 Å². The van der Waals surface area contributed by atoms with Gasteiger partial charge < -0.3 is 14.6 Å². The van der Waals surface area contributed by atoms with Crippen LogP contribution in [0.3, 0.4) is 0 Å². The molecule has 2 atom stereocenters. The molecule has 0 aliphatic rings. The van der Waals surface area contributed by atoms with E-state index in [-0.39, 0.29) is 25.4 Å². The van der Waals surface area contributed by atoms with Gasteiger partial charge in [-0.25, -0.2) is 8.78 Å². The first-order chi connectivity index (χ1) is 9.56. The van der Waals surface area contributed by atoms with E-state index in [4.69, 9.17) is 15.0 Å². The van der Waals surface area contributed by atoms with Gasteiger partial charge >= 0.3 is 0 Å². The molecule has 0 aliphatic heterocycles. The standard InChI is InChI=1S/C12H15F2N3O3/c1-19-3-2-12(18)11(16-17-15)7-20-10-5-8(13)4-9(14)6-10/h4-6,11-12,18H,2-3,7H2,1H3.